The summed E-state index contributed by atoms with van der Waals surface area (Å²) in [7, 11) is 0. The normalized spacial score (nSPS) is 21.2. The predicted molar refractivity (Wildman–Crippen MR) is 58.3 cm³/mol. The Morgan fingerprint density at radius 3 is 2.25 bits per heavy atom. The first-order chi connectivity index (χ1) is 5.83. The van der Waals surface area contributed by atoms with Crippen LogP contribution in [-0.4, -0.2) is 5.25 Å². The van der Waals surface area contributed by atoms with Crippen molar-refractivity contribution in [3.05, 3.63) is 5.25 Å². The molecule has 0 aliphatic heterocycles. The molecule has 0 aromatic heterocycles. The zero-order chi connectivity index (χ0) is 8.81. The van der Waals surface area contributed by atoms with Gasteiger partial charge in [0.15, 0.2) is 0 Å². The summed E-state index contributed by atoms with van der Waals surface area (Å²) in [4.78, 5) is 0. The van der Waals surface area contributed by atoms with Crippen molar-refractivity contribution in [1.82, 2.24) is 0 Å². The highest BCUT2D eigenvalue weighted by Crippen LogP contribution is 2.34. The fourth-order valence-electron chi connectivity index (χ4n) is 1.73. The van der Waals surface area contributed by atoms with Gasteiger partial charge in [-0.05, 0) is 26.2 Å². The molecule has 71 valence electrons. The highest BCUT2D eigenvalue weighted by atomic mass is 32.2. The van der Waals surface area contributed by atoms with Crippen LogP contribution in [0.15, 0.2) is 0 Å². The molecule has 0 heterocycles. The zero-order valence-corrected chi connectivity index (χ0v) is 9.25. The van der Waals surface area contributed by atoms with E-state index in [0.717, 1.165) is 5.25 Å². The molecule has 0 unspecified atom stereocenters. The van der Waals surface area contributed by atoms with E-state index < -0.39 is 0 Å². The summed E-state index contributed by atoms with van der Waals surface area (Å²) >= 11 is 2.15. The third kappa shape index (κ3) is 3.84. The van der Waals surface area contributed by atoms with Crippen LogP contribution in [-0.2, 0) is 0 Å². The SMILES string of the molecule is CC[C](C)SC1CCCCCC1. The van der Waals surface area contributed by atoms with Crippen LogP contribution in [0.1, 0.15) is 58.8 Å². The third-order valence-electron chi connectivity index (χ3n) is 2.67. The zero-order valence-electron chi connectivity index (χ0n) is 8.44. The van der Waals surface area contributed by atoms with Crippen molar-refractivity contribution in [1.29, 1.82) is 0 Å². The summed E-state index contributed by atoms with van der Waals surface area (Å²) in [5.41, 5.74) is 0. The quantitative estimate of drug-likeness (QED) is 0.587. The molecule has 0 N–H and O–H groups in total. The summed E-state index contributed by atoms with van der Waals surface area (Å²) < 4.78 is 0. The van der Waals surface area contributed by atoms with E-state index in [1.54, 1.807) is 5.25 Å². The first-order valence-corrected chi connectivity index (χ1v) is 6.20. The highest BCUT2D eigenvalue weighted by molar-refractivity contribution is 8.02. The van der Waals surface area contributed by atoms with E-state index in [4.69, 9.17) is 0 Å². The molecule has 12 heavy (non-hydrogen) atoms. The van der Waals surface area contributed by atoms with Crippen LogP contribution >= 0.6 is 11.8 Å². The topological polar surface area (TPSA) is 0 Å². The molecule has 1 aliphatic carbocycles. The van der Waals surface area contributed by atoms with Crippen molar-refractivity contribution in [2.75, 3.05) is 0 Å². The van der Waals surface area contributed by atoms with Gasteiger partial charge in [0.25, 0.3) is 0 Å². The smallest absolute Gasteiger partial charge is 0.0276 e. The lowest BCUT2D eigenvalue weighted by atomic mass is 10.2. The molecule has 1 rings (SSSR count). The van der Waals surface area contributed by atoms with Crippen molar-refractivity contribution in [3.63, 3.8) is 0 Å². The predicted octanol–water partition coefficient (Wildman–Crippen LogP) is 4.40. The molecule has 0 atom stereocenters. The molecule has 1 heteroatoms. The average molecular weight is 185 g/mol. The van der Waals surface area contributed by atoms with Gasteiger partial charge in [0.1, 0.15) is 0 Å². The second kappa shape index (κ2) is 5.90. The van der Waals surface area contributed by atoms with Crippen molar-refractivity contribution in [3.8, 4) is 0 Å². The Morgan fingerprint density at radius 1 is 1.17 bits per heavy atom. The largest absolute Gasteiger partial charge is 0.151 e. The van der Waals surface area contributed by atoms with Crippen molar-refractivity contribution in [2.24, 2.45) is 0 Å². The molecular weight excluding hydrogens is 164 g/mol. The minimum atomic E-state index is 0.951. The molecule has 0 bridgehead atoms. The Hall–Kier alpha value is 0.350. The fourth-order valence-corrected chi connectivity index (χ4v) is 3.03. The van der Waals surface area contributed by atoms with Gasteiger partial charge in [-0.2, -0.15) is 11.8 Å². The van der Waals surface area contributed by atoms with Gasteiger partial charge in [-0.15, -0.1) is 0 Å². The maximum Gasteiger partial charge on any atom is 0.0276 e. The molecular formula is C11H21S. The van der Waals surface area contributed by atoms with Crippen LogP contribution in [0.2, 0.25) is 0 Å². The molecule has 0 saturated heterocycles. The minimum absolute atomic E-state index is 0.951. The van der Waals surface area contributed by atoms with Crippen LogP contribution in [0.4, 0.5) is 0 Å². The lowest BCUT2D eigenvalue weighted by Gasteiger charge is -2.16. The second-order valence-corrected chi connectivity index (χ2v) is 5.39. The molecule has 0 aromatic carbocycles. The lowest BCUT2D eigenvalue weighted by molar-refractivity contribution is 0.702. The van der Waals surface area contributed by atoms with Gasteiger partial charge >= 0.3 is 0 Å². The molecule has 0 nitrogen and oxygen atoms in total. The third-order valence-corrected chi connectivity index (χ3v) is 4.16. The van der Waals surface area contributed by atoms with E-state index >= 15 is 0 Å². The highest BCUT2D eigenvalue weighted by Gasteiger charge is 2.14. The summed E-state index contributed by atoms with van der Waals surface area (Å²) in [6, 6.07) is 0. The van der Waals surface area contributed by atoms with Crippen LogP contribution in [0.25, 0.3) is 0 Å². The number of rotatable bonds is 3. The van der Waals surface area contributed by atoms with E-state index in [-0.39, 0.29) is 0 Å². The molecule has 0 aromatic rings. The van der Waals surface area contributed by atoms with Gasteiger partial charge in [0.2, 0.25) is 0 Å². The van der Waals surface area contributed by atoms with Crippen LogP contribution in [0.3, 0.4) is 0 Å². The summed E-state index contributed by atoms with van der Waals surface area (Å²) in [5, 5.41) is 2.58. The minimum Gasteiger partial charge on any atom is -0.151 e. The van der Waals surface area contributed by atoms with Crippen molar-refractivity contribution >= 4 is 11.8 Å². The van der Waals surface area contributed by atoms with Gasteiger partial charge in [-0.25, -0.2) is 0 Å². The Labute approximate surface area is 81.5 Å². The summed E-state index contributed by atoms with van der Waals surface area (Å²) in [6.45, 7) is 4.55. The van der Waals surface area contributed by atoms with E-state index in [9.17, 15) is 0 Å². The van der Waals surface area contributed by atoms with Crippen molar-refractivity contribution < 1.29 is 0 Å². The van der Waals surface area contributed by atoms with Gasteiger partial charge in [-0.3, -0.25) is 0 Å². The molecule has 1 fully saturated rings. The van der Waals surface area contributed by atoms with Gasteiger partial charge in [0, 0.05) is 10.5 Å². The van der Waals surface area contributed by atoms with E-state index in [1.165, 1.54) is 44.9 Å². The Kier molecular flexibility index (Phi) is 5.13. The van der Waals surface area contributed by atoms with Gasteiger partial charge < -0.3 is 0 Å². The van der Waals surface area contributed by atoms with Gasteiger partial charge in [0.05, 0.1) is 0 Å². The summed E-state index contributed by atoms with van der Waals surface area (Å²) in [5.74, 6) is 0. The van der Waals surface area contributed by atoms with Gasteiger partial charge in [-0.1, -0.05) is 32.6 Å². The average Bonchev–Trinajstić information content (AvgIpc) is 2.33. The second-order valence-electron chi connectivity index (χ2n) is 3.79. The van der Waals surface area contributed by atoms with Crippen LogP contribution in [0, 0.1) is 5.25 Å². The van der Waals surface area contributed by atoms with Crippen molar-refractivity contribution in [2.45, 2.75) is 64.0 Å². The lowest BCUT2D eigenvalue weighted by Crippen LogP contribution is -2.02. The van der Waals surface area contributed by atoms with Crippen LogP contribution < -0.4 is 0 Å². The molecule has 1 aliphatic rings. The molecule has 0 amide bonds. The Balaban J connectivity index is 2.20. The number of hydrogen-bond donors (Lipinski definition) is 0. The Bertz CT molecular complexity index is 104. The summed E-state index contributed by atoms with van der Waals surface area (Å²) in [6.07, 6.45) is 10.1. The van der Waals surface area contributed by atoms with E-state index in [2.05, 4.69) is 25.6 Å². The monoisotopic (exact) mass is 185 g/mol. The van der Waals surface area contributed by atoms with E-state index in [1.807, 2.05) is 0 Å². The molecule has 1 radical (unpaired) electrons. The number of hydrogen-bond acceptors (Lipinski definition) is 1. The molecule has 1 saturated carbocycles. The Morgan fingerprint density at radius 2 is 1.75 bits per heavy atom. The first-order valence-electron chi connectivity index (χ1n) is 5.32. The first kappa shape index (κ1) is 10.4. The maximum atomic E-state index is 2.29. The number of thioether (sulfide) groups is 1. The maximum absolute atomic E-state index is 2.29. The molecule has 0 spiro atoms. The fraction of sp³-hybridized carbons (Fsp3) is 0.909. The van der Waals surface area contributed by atoms with E-state index in [0.29, 0.717) is 0 Å². The standard InChI is InChI=1S/C11H21S/c1-3-10(2)12-11-8-6-4-5-7-9-11/h11H,3-9H2,1-2H3. The van der Waals surface area contributed by atoms with Crippen LogP contribution in [0.5, 0.6) is 0 Å².